The number of hydrogen-bond acceptors (Lipinski definition) is 3. The molecule has 2 N–H and O–H groups in total. The molecule has 0 spiro atoms. The van der Waals surface area contributed by atoms with Gasteiger partial charge in [0.15, 0.2) is 0 Å². The van der Waals surface area contributed by atoms with Crippen LogP contribution in [-0.2, 0) is 10.0 Å². The van der Waals surface area contributed by atoms with Crippen molar-refractivity contribution in [1.29, 1.82) is 0 Å². The fourth-order valence-electron chi connectivity index (χ4n) is 1.85. The lowest BCUT2D eigenvalue weighted by molar-refractivity contribution is 0.452. The molecule has 1 aromatic carbocycles. The van der Waals surface area contributed by atoms with E-state index >= 15 is 0 Å². The highest BCUT2D eigenvalue weighted by Crippen LogP contribution is 2.31. The van der Waals surface area contributed by atoms with Crippen molar-refractivity contribution < 1.29 is 12.8 Å². The third-order valence-electron chi connectivity index (χ3n) is 3.19. The van der Waals surface area contributed by atoms with Gasteiger partial charge in [0.1, 0.15) is 5.82 Å². The van der Waals surface area contributed by atoms with Crippen molar-refractivity contribution in [2.45, 2.75) is 17.7 Å². The number of rotatable bonds is 4. The fraction of sp³-hybridized carbons (Fsp3) is 0.429. The average Bonchev–Trinajstić information content (AvgIpc) is 3.21. The molecule has 20 heavy (non-hydrogen) atoms. The zero-order valence-electron chi connectivity index (χ0n) is 11.3. The SMILES string of the molecule is CN(CC1CC1)S(=O)(=O)c1ccc(C#CCN)c(F)c1. The Morgan fingerprint density at radius 1 is 1.45 bits per heavy atom. The number of nitrogens with two attached hydrogens (primary N) is 1. The normalized spacial score (nSPS) is 15.0. The topological polar surface area (TPSA) is 63.4 Å². The average molecular weight is 296 g/mol. The highest BCUT2D eigenvalue weighted by atomic mass is 32.2. The maximum atomic E-state index is 13.8. The van der Waals surface area contributed by atoms with E-state index in [1.165, 1.54) is 23.5 Å². The largest absolute Gasteiger partial charge is 0.320 e. The fourth-order valence-corrected chi connectivity index (χ4v) is 3.11. The summed E-state index contributed by atoms with van der Waals surface area (Å²) in [5.41, 5.74) is 5.37. The van der Waals surface area contributed by atoms with Crippen LogP contribution in [0.15, 0.2) is 23.1 Å². The van der Waals surface area contributed by atoms with Crippen LogP contribution in [-0.4, -0.2) is 32.9 Å². The van der Waals surface area contributed by atoms with Gasteiger partial charge in [0.25, 0.3) is 0 Å². The van der Waals surface area contributed by atoms with Gasteiger partial charge in [-0.05, 0) is 37.0 Å². The van der Waals surface area contributed by atoms with Gasteiger partial charge in [0, 0.05) is 13.6 Å². The van der Waals surface area contributed by atoms with E-state index < -0.39 is 15.8 Å². The second-order valence-corrected chi connectivity index (χ2v) is 6.92. The van der Waals surface area contributed by atoms with Crippen LogP contribution in [0.25, 0.3) is 0 Å². The van der Waals surface area contributed by atoms with Gasteiger partial charge in [-0.25, -0.2) is 17.1 Å². The Morgan fingerprint density at radius 2 is 2.15 bits per heavy atom. The van der Waals surface area contributed by atoms with Crippen molar-refractivity contribution in [3.05, 3.63) is 29.6 Å². The second kappa shape index (κ2) is 5.92. The number of sulfonamides is 1. The zero-order chi connectivity index (χ0) is 14.8. The van der Waals surface area contributed by atoms with Crippen LogP contribution in [0.2, 0.25) is 0 Å². The minimum atomic E-state index is -3.63. The molecule has 0 aliphatic heterocycles. The minimum Gasteiger partial charge on any atom is -0.320 e. The second-order valence-electron chi connectivity index (χ2n) is 4.88. The van der Waals surface area contributed by atoms with Gasteiger partial charge in [-0.3, -0.25) is 0 Å². The Bertz CT molecular complexity index is 657. The molecule has 0 aromatic heterocycles. The Hall–Kier alpha value is -1.42. The molecule has 0 amide bonds. The van der Waals surface area contributed by atoms with Gasteiger partial charge in [0.05, 0.1) is 17.0 Å². The summed E-state index contributed by atoms with van der Waals surface area (Å²) in [6.07, 6.45) is 2.11. The summed E-state index contributed by atoms with van der Waals surface area (Å²) < 4.78 is 39.7. The first-order chi connectivity index (χ1) is 9.45. The van der Waals surface area contributed by atoms with Crippen LogP contribution in [0.3, 0.4) is 0 Å². The van der Waals surface area contributed by atoms with Crippen molar-refractivity contribution in [3.8, 4) is 11.8 Å². The van der Waals surface area contributed by atoms with E-state index in [-0.39, 0.29) is 17.0 Å². The van der Waals surface area contributed by atoms with Crippen LogP contribution in [0.1, 0.15) is 18.4 Å². The van der Waals surface area contributed by atoms with Crippen LogP contribution >= 0.6 is 0 Å². The van der Waals surface area contributed by atoms with Gasteiger partial charge in [-0.2, -0.15) is 0 Å². The molecule has 0 heterocycles. The predicted molar refractivity (Wildman–Crippen MR) is 74.9 cm³/mol. The molecule has 0 bridgehead atoms. The molecule has 108 valence electrons. The summed E-state index contributed by atoms with van der Waals surface area (Å²) in [5.74, 6) is 4.90. The first-order valence-corrected chi connectivity index (χ1v) is 7.84. The van der Waals surface area contributed by atoms with Crippen LogP contribution < -0.4 is 5.73 Å². The number of hydrogen-bond donors (Lipinski definition) is 1. The number of halogens is 1. The molecule has 1 fully saturated rings. The van der Waals surface area contributed by atoms with Crippen molar-refractivity contribution in [1.82, 2.24) is 4.31 Å². The van der Waals surface area contributed by atoms with Gasteiger partial charge < -0.3 is 5.73 Å². The predicted octanol–water partition coefficient (Wildman–Crippen LogP) is 1.17. The lowest BCUT2D eigenvalue weighted by atomic mass is 10.2. The first kappa shape index (κ1) is 15.0. The molecule has 6 heteroatoms. The summed E-state index contributed by atoms with van der Waals surface area (Å²) in [6, 6.07) is 3.76. The molecule has 1 aromatic rings. The van der Waals surface area contributed by atoms with E-state index in [9.17, 15) is 12.8 Å². The lowest BCUT2D eigenvalue weighted by Crippen LogP contribution is -2.29. The van der Waals surface area contributed by atoms with E-state index in [1.807, 2.05) is 0 Å². The Morgan fingerprint density at radius 3 is 2.70 bits per heavy atom. The third kappa shape index (κ3) is 3.37. The lowest BCUT2D eigenvalue weighted by Gasteiger charge is -2.16. The standard InChI is InChI=1S/C14H17FN2O2S/c1-17(10-11-4-5-11)20(18,19)13-7-6-12(3-2-8-16)14(15)9-13/h6-7,9,11H,4-5,8,10,16H2,1H3. The maximum absolute atomic E-state index is 13.8. The number of nitrogens with zero attached hydrogens (tertiary/aromatic N) is 1. The van der Waals surface area contributed by atoms with E-state index in [1.54, 1.807) is 0 Å². The highest BCUT2D eigenvalue weighted by Gasteiger charge is 2.29. The van der Waals surface area contributed by atoms with E-state index in [4.69, 9.17) is 5.73 Å². The van der Waals surface area contributed by atoms with Crippen LogP contribution in [0, 0.1) is 23.6 Å². The Kier molecular flexibility index (Phi) is 4.43. The molecular formula is C14H17FN2O2S. The molecule has 0 radical (unpaired) electrons. The minimum absolute atomic E-state index is 0.0450. The molecular weight excluding hydrogens is 279 g/mol. The molecule has 2 rings (SSSR count). The van der Waals surface area contributed by atoms with E-state index in [0.717, 1.165) is 18.9 Å². The maximum Gasteiger partial charge on any atom is 0.242 e. The van der Waals surface area contributed by atoms with E-state index in [2.05, 4.69) is 11.8 Å². The van der Waals surface area contributed by atoms with Crippen molar-refractivity contribution in [3.63, 3.8) is 0 Å². The monoisotopic (exact) mass is 296 g/mol. The number of benzene rings is 1. The molecule has 0 unspecified atom stereocenters. The third-order valence-corrected chi connectivity index (χ3v) is 5.01. The first-order valence-electron chi connectivity index (χ1n) is 6.40. The Balaban J connectivity index is 2.25. The van der Waals surface area contributed by atoms with Gasteiger partial charge in [-0.15, -0.1) is 0 Å². The summed E-state index contributed by atoms with van der Waals surface area (Å²) in [5, 5.41) is 0. The van der Waals surface area contributed by atoms with Crippen molar-refractivity contribution in [2.24, 2.45) is 11.7 Å². The van der Waals surface area contributed by atoms with Crippen molar-refractivity contribution >= 4 is 10.0 Å². The summed E-state index contributed by atoms with van der Waals surface area (Å²) in [7, 11) is -2.11. The van der Waals surface area contributed by atoms with Crippen LogP contribution in [0.4, 0.5) is 4.39 Å². The zero-order valence-corrected chi connectivity index (χ0v) is 12.1. The summed E-state index contributed by atoms with van der Waals surface area (Å²) >= 11 is 0. The summed E-state index contributed by atoms with van der Waals surface area (Å²) in [4.78, 5) is -0.0450. The smallest absolute Gasteiger partial charge is 0.242 e. The summed E-state index contributed by atoms with van der Waals surface area (Å²) in [6.45, 7) is 0.613. The molecule has 1 saturated carbocycles. The van der Waals surface area contributed by atoms with Gasteiger partial charge >= 0.3 is 0 Å². The van der Waals surface area contributed by atoms with Crippen LogP contribution in [0.5, 0.6) is 0 Å². The molecule has 0 saturated heterocycles. The van der Waals surface area contributed by atoms with Gasteiger partial charge in [-0.1, -0.05) is 11.8 Å². The quantitative estimate of drug-likeness (QED) is 0.848. The molecule has 0 atom stereocenters. The Labute approximate surface area is 118 Å². The molecule has 4 nitrogen and oxygen atoms in total. The molecule has 1 aliphatic carbocycles. The highest BCUT2D eigenvalue weighted by molar-refractivity contribution is 7.89. The van der Waals surface area contributed by atoms with E-state index in [0.29, 0.717) is 12.5 Å². The van der Waals surface area contributed by atoms with Crippen molar-refractivity contribution in [2.75, 3.05) is 20.1 Å². The molecule has 1 aliphatic rings. The van der Waals surface area contributed by atoms with Gasteiger partial charge in [0.2, 0.25) is 10.0 Å².